The lowest BCUT2D eigenvalue weighted by atomic mass is 9.95. The van der Waals surface area contributed by atoms with E-state index in [-0.39, 0.29) is 0 Å². The molecule has 0 radical (unpaired) electrons. The summed E-state index contributed by atoms with van der Waals surface area (Å²) in [5.41, 5.74) is 21.2. The molecule has 326 valence electrons. The fourth-order valence-corrected chi connectivity index (χ4v) is 10.5. The van der Waals surface area contributed by atoms with E-state index in [1.807, 2.05) is 30.3 Å². The maximum Gasteiger partial charge on any atom is 0.0992 e. The first kappa shape index (κ1) is 40.8. The lowest BCUT2D eigenvalue weighted by Gasteiger charge is -2.10. The van der Waals surface area contributed by atoms with Crippen molar-refractivity contribution in [3.63, 3.8) is 0 Å². The highest BCUT2D eigenvalue weighted by atomic mass is 15.0. The Morgan fingerprint density at radius 3 is 0.914 bits per heavy atom. The molecule has 0 aliphatic heterocycles. The fraction of sp³-hybridized carbons (Fsp3) is 0. The number of nitriles is 1. The molecule has 0 aliphatic rings. The van der Waals surface area contributed by atoms with Crippen LogP contribution in [0.1, 0.15) is 5.56 Å². The van der Waals surface area contributed by atoms with E-state index in [0.29, 0.717) is 5.56 Å². The number of benzene rings is 11. The van der Waals surface area contributed by atoms with E-state index in [0.717, 1.165) is 61.2 Å². The van der Waals surface area contributed by atoms with Crippen molar-refractivity contribution in [2.45, 2.75) is 0 Å². The van der Waals surface area contributed by atoms with Gasteiger partial charge in [0.1, 0.15) is 0 Å². The summed E-state index contributed by atoms with van der Waals surface area (Å²) in [7, 11) is 0. The number of fused-ring (bicyclic) bond motifs is 6. The summed E-state index contributed by atoms with van der Waals surface area (Å²) in [4.78, 5) is 0. The van der Waals surface area contributed by atoms with Crippen LogP contribution in [0.15, 0.2) is 261 Å². The average Bonchev–Trinajstić information content (AvgIpc) is 3.95. The molecule has 0 saturated heterocycles. The molecule has 13 rings (SSSR count). The third-order valence-electron chi connectivity index (χ3n) is 13.9. The van der Waals surface area contributed by atoms with Gasteiger partial charge in [-0.15, -0.1) is 0 Å². The summed E-state index contributed by atoms with van der Waals surface area (Å²) < 4.78 is 4.75. The molecule has 3 nitrogen and oxygen atoms in total. The van der Waals surface area contributed by atoms with E-state index in [1.54, 1.807) is 0 Å². The second kappa shape index (κ2) is 17.0. The van der Waals surface area contributed by atoms with E-state index < -0.39 is 0 Å². The van der Waals surface area contributed by atoms with E-state index in [9.17, 15) is 5.26 Å². The molecule has 2 heterocycles. The van der Waals surface area contributed by atoms with E-state index in [1.165, 1.54) is 60.6 Å². The molecule has 0 spiro atoms. The Labute approximate surface area is 406 Å². The molecule has 0 fully saturated rings. The highest BCUT2D eigenvalue weighted by molar-refractivity contribution is 6.13. The van der Waals surface area contributed by atoms with Crippen molar-refractivity contribution >= 4 is 43.6 Å². The first-order chi connectivity index (χ1) is 34.6. The molecule has 0 aliphatic carbocycles. The third-order valence-corrected chi connectivity index (χ3v) is 13.9. The van der Waals surface area contributed by atoms with Gasteiger partial charge in [-0.3, -0.25) is 0 Å². The highest BCUT2D eigenvalue weighted by Gasteiger charge is 2.18. The van der Waals surface area contributed by atoms with Crippen LogP contribution < -0.4 is 0 Å². The van der Waals surface area contributed by atoms with E-state index >= 15 is 0 Å². The van der Waals surface area contributed by atoms with Crippen LogP contribution in [0.25, 0.3) is 122 Å². The zero-order valence-electron chi connectivity index (χ0n) is 38.2. The van der Waals surface area contributed by atoms with Crippen LogP contribution in [0.3, 0.4) is 0 Å². The van der Waals surface area contributed by atoms with Crippen molar-refractivity contribution in [1.82, 2.24) is 9.13 Å². The van der Waals surface area contributed by atoms with Gasteiger partial charge in [0.2, 0.25) is 0 Å². The zero-order chi connectivity index (χ0) is 46.5. The van der Waals surface area contributed by atoms with Gasteiger partial charge < -0.3 is 9.13 Å². The molecular formula is C67H43N3. The molecule has 3 heteroatoms. The van der Waals surface area contributed by atoms with Gasteiger partial charge in [-0.05, 0) is 164 Å². The second-order valence-corrected chi connectivity index (χ2v) is 18.1. The Kier molecular flexibility index (Phi) is 9.89. The number of aromatic nitrogens is 2. The minimum Gasteiger partial charge on any atom is -0.309 e. The SMILES string of the molecule is N#Cc1cc(-c2ccccc2)cc(-c2ccc3c(c2)c2cc(-c4ccc(-c5ccc6c(c5)c5cc(-c7cccc(-c8ccccc8)c7)ccc5n6-c5ccccc5)cc4)ccc2n3-c2ccccc2)c1. The average molecular weight is 890 g/mol. The van der Waals surface area contributed by atoms with Gasteiger partial charge in [0.15, 0.2) is 0 Å². The van der Waals surface area contributed by atoms with Gasteiger partial charge in [0.25, 0.3) is 0 Å². The molecule has 2 aromatic heterocycles. The number of nitrogens with zero attached hydrogens (tertiary/aromatic N) is 3. The van der Waals surface area contributed by atoms with Crippen LogP contribution in [0.4, 0.5) is 0 Å². The normalized spacial score (nSPS) is 11.4. The lowest BCUT2D eigenvalue weighted by Crippen LogP contribution is -1.93. The van der Waals surface area contributed by atoms with E-state index in [2.05, 4.69) is 246 Å². The minimum absolute atomic E-state index is 0.641. The van der Waals surface area contributed by atoms with Gasteiger partial charge in [0, 0.05) is 32.9 Å². The largest absolute Gasteiger partial charge is 0.309 e. The molecule has 13 aromatic rings. The summed E-state index contributed by atoms with van der Waals surface area (Å²) in [5, 5.41) is 14.9. The predicted molar refractivity (Wildman–Crippen MR) is 292 cm³/mol. The Morgan fingerprint density at radius 2 is 0.500 bits per heavy atom. The lowest BCUT2D eigenvalue weighted by molar-refractivity contribution is 1.18. The molecule has 0 saturated carbocycles. The topological polar surface area (TPSA) is 33.6 Å². The smallest absolute Gasteiger partial charge is 0.0992 e. The molecule has 0 bridgehead atoms. The van der Waals surface area contributed by atoms with Crippen molar-refractivity contribution in [1.29, 1.82) is 5.26 Å². The molecule has 70 heavy (non-hydrogen) atoms. The summed E-state index contributed by atoms with van der Waals surface area (Å²) in [5.74, 6) is 0. The van der Waals surface area contributed by atoms with Crippen LogP contribution in [-0.2, 0) is 0 Å². The van der Waals surface area contributed by atoms with Crippen molar-refractivity contribution in [2.24, 2.45) is 0 Å². The number of rotatable bonds is 8. The number of hydrogen-bond donors (Lipinski definition) is 0. The van der Waals surface area contributed by atoms with Gasteiger partial charge in [-0.1, -0.05) is 164 Å². The van der Waals surface area contributed by atoms with Crippen molar-refractivity contribution in [3.8, 4) is 84.2 Å². The maximum absolute atomic E-state index is 10.1. The Bertz CT molecular complexity index is 4140. The first-order valence-electron chi connectivity index (χ1n) is 23.8. The summed E-state index contributed by atoms with van der Waals surface area (Å²) in [6.07, 6.45) is 0. The van der Waals surface area contributed by atoms with Crippen LogP contribution in [0.5, 0.6) is 0 Å². The standard InChI is InChI=1S/C67H43N3/c68-44-45-36-56(47-16-7-2-8-17-47)39-57(37-45)55-31-35-67-63(43-55)61-41-53(29-33-65(61)70(67)59-22-11-4-12-23-59)49-26-24-48(25-27-49)52-28-32-64-60(40-52)62-42-54(30-34-66(62)69(64)58-20-9-3-10-21-58)51-19-13-18-50(38-51)46-14-5-1-6-15-46/h1-43H. The van der Waals surface area contributed by atoms with Crippen LogP contribution in [-0.4, -0.2) is 9.13 Å². The van der Waals surface area contributed by atoms with Gasteiger partial charge in [-0.2, -0.15) is 5.26 Å². The van der Waals surface area contributed by atoms with Gasteiger partial charge >= 0.3 is 0 Å². The quantitative estimate of drug-likeness (QED) is 0.150. The third kappa shape index (κ3) is 7.15. The van der Waals surface area contributed by atoms with E-state index in [4.69, 9.17) is 0 Å². The van der Waals surface area contributed by atoms with Crippen molar-refractivity contribution in [3.05, 3.63) is 266 Å². The van der Waals surface area contributed by atoms with Crippen LogP contribution >= 0.6 is 0 Å². The Balaban J connectivity index is 0.900. The molecule has 0 N–H and O–H groups in total. The maximum atomic E-state index is 10.1. The Morgan fingerprint density at radius 1 is 0.229 bits per heavy atom. The van der Waals surface area contributed by atoms with Crippen LogP contribution in [0.2, 0.25) is 0 Å². The van der Waals surface area contributed by atoms with Crippen molar-refractivity contribution in [2.75, 3.05) is 0 Å². The molecule has 0 unspecified atom stereocenters. The molecular weight excluding hydrogens is 847 g/mol. The monoisotopic (exact) mass is 889 g/mol. The first-order valence-corrected chi connectivity index (χ1v) is 23.8. The summed E-state index contributed by atoms with van der Waals surface area (Å²) in [6, 6.07) is 96.0. The Hall–Kier alpha value is -9.49. The fourth-order valence-electron chi connectivity index (χ4n) is 10.5. The zero-order valence-corrected chi connectivity index (χ0v) is 38.2. The minimum atomic E-state index is 0.641. The van der Waals surface area contributed by atoms with Gasteiger partial charge in [0.05, 0.1) is 33.7 Å². The number of para-hydroxylation sites is 2. The van der Waals surface area contributed by atoms with Crippen molar-refractivity contribution < 1.29 is 0 Å². The molecule has 11 aromatic carbocycles. The molecule has 0 amide bonds. The summed E-state index contributed by atoms with van der Waals surface area (Å²) >= 11 is 0. The molecule has 0 atom stereocenters. The summed E-state index contributed by atoms with van der Waals surface area (Å²) in [6.45, 7) is 0. The van der Waals surface area contributed by atoms with Gasteiger partial charge in [-0.25, -0.2) is 0 Å². The van der Waals surface area contributed by atoms with Crippen LogP contribution in [0, 0.1) is 11.3 Å². The highest BCUT2D eigenvalue weighted by Crippen LogP contribution is 2.41. The number of hydrogen-bond acceptors (Lipinski definition) is 1. The predicted octanol–water partition coefficient (Wildman–Crippen LogP) is 17.8. The second-order valence-electron chi connectivity index (χ2n) is 18.1.